The van der Waals surface area contributed by atoms with Crippen LogP contribution >= 0.6 is 11.6 Å². The largest absolute Gasteiger partial charge is 0.326 e. The van der Waals surface area contributed by atoms with Gasteiger partial charge >= 0.3 is 0 Å². The molecule has 1 aromatic rings. The number of rotatable bonds is 2. The Hall–Kier alpha value is -1.62. The van der Waals surface area contributed by atoms with Crippen molar-refractivity contribution in [2.75, 3.05) is 16.5 Å². The van der Waals surface area contributed by atoms with Crippen LogP contribution in [-0.2, 0) is 16.0 Å². The summed E-state index contributed by atoms with van der Waals surface area (Å²) < 4.78 is 13.6. The lowest BCUT2D eigenvalue weighted by molar-refractivity contribution is -0.116. The highest BCUT2D eigenvalue weighted by Crippen LogP contribution is 2.28. The first-order valence-electron chi connectivity index (χ1n) is 5.08. The van der Waals surface area contributed by atoms with Gasteiger partial charge in [0.15, 0.2) is 0 Å². The van der Waals surface area contributed by atoms with Crippen LogP contribution in [-0.4, -0.2) is 17.7 Å². The number of carbonyl (C=O) groups is 2. The predicted molar refractivity (Wildman–Crippen MR) is 62.7 cm³/mol. The Bertz CT molecular complexity index is 491. The van der Waals surface area contributed by atoms with Crippen LogP contribution in [0.2, 0.25) is 0 Å². The fourth-order valence-corrected chi connectivity index (χ4v) is 1.74. The van der Waals surface area contributed by atoms with Gasteiger partial charge in [-0.25, -0.2) is 4.39 Å². The molecule has 6 heteroatoms. The zero-order valence-electron chi connectivity index (χ0n) is 8.85. The molecule has 0 fully saturated rings. The van der Waals surface area contributed by atoms with E-state index >= 15 is 0 Å². The molecule has 90 valence electrons. The lowest BCUT2D eigenvalue weighted by atomic mass is 10.0. The summed E-state index contributed by atoms with van der Waals surface area (Å²) in [6.07, 6.45) is 0.849. The highest BCUT2D eigenvalue weighted by atomic mass is 35.5. The second-order valence-electron chi connectivity index (χ2n) is 3.72. The van der Waals surface area contributed by atoms with E-state index in [0.717, 1.165) is 5.56 Å². The van der Waals surface area contributed by atoms with E-state index < -0.39 is 11.7 Å². The number of nitrogens with one attached hydrogen (secondary N) is 2. The van der Waals surface area contributed by atoms with E-state index in [2.05, 4.69) is 10.6 Å². The highest BCUT2D eigenvalue weighted by Gasteiger charge is 2.18. The topological polar surface area (TPSA) is 58.2 Å². The maximum Gasteiger partial charge on any atom is 0.239 e. The van der Waals surface area contributed by atoms with E-state index in [1.165, 1.54) is 12.1 Å². The maximum atomic E-state index is 13.6. The van der Waals surface area contributed by atoms with Gasteiger partial charge in [-0.1, -0.05) is 0 Å². The van der Waals surface area contributed by atoms with Crippen molar-refractivity contribution >= 4 is 34.8 Å². The van der Waals surface area contributed by atoms with E-state index in [1.807, 2.05) is 0 Å². The van der Waals surface area contributed by atoms with Crippen LogP contribution in [0.15, 0.2) is 12.1 Å². The fourth-order valence-electron chi connectivity index (χ4n) is 1.68. The van der Waals surface area contributed by atoms with Crippen LogP contribution in [0.5, 0.6) is 0 Å². The van der Waals surface area contributed by atoms with Gasteiger partial charge in [0.1, 0.15) is 11.7 Å². The quantitative estimate of drug-likeness (QED) is 0.794. The third kappa shape index (κ3) is 2.55. The lowest BCUT2D eigenvalue weighted by Crippen LogP contribution is -2.20. The Morgan fingerprint density at radius 2 is 2.24 bits per heavy atom. The van der Waals surface area contributed by atoms with Gasteiger partial charge in [0.25, 0.3) is 0 Å². The number of alkyl halides is 1. The Morgan fingerprint density at radius 3 is 2.94 bits per heavy atom. The van der Waals surface area contributed by atoms with E-state index in [9.17, 15) is 14.0 Å². The van der Waals surface area contributed by atoms with Crippen molar-refractivity contribution in [1.29, 1.82) is 0 Å². The van der Waals surface area contributed by atoms with Crippen LogP contribution in [0.4, 0.5) is 15.8 Å². The first kappa shape index (κ1) is 11.9. The standard InChI is InChI=1S/C11H10ClFN2O2/c12-5-11(17)15-9-4-8-6(3-7(9)13)1-2-10(16)14-8/h3-4H,1-2,5H2,(H,14,16)(H,15,17). The van der Waals surface area contributed by atoms with Crippen LogP contribution in [0.1, 0.15) is 12.0 Å². The molecular formula is C11H10ClFN2O2. The van der Waals surface area contributed by atoms with Gasteiger partial charge in [-0.3, -0.25) is 9.59 Å². The number of hydrogen-bond acceptors (Lipinski definition) is 2. The van der Waals surface area contributed by atoms with Crippen molar-refractivity contribution in [2.24, 2.45) is 0 Å². The number of fused-ring (bicyclic) bond motifs is 1. The Kier molecular flexibility index (Phi) is 3.28. The third-order valence-corrected chi connectivity index (χ3v) is 2.73. The molecule has 1 heterocycles. The maximum absolute atomic E-state index is 13.6. The summed E-state index contributed by atoms with van der Waals surface area (Å²) in [5.74, 6) is -1.38. The number of hydrogen-bond donors (Lipinski definition) is 2. The summed E-state index contributed by atoms with van der Waals surface area (Å²) in [5, 5.41) is 4.96. The highest BCUT2D eigenvalue weighted by molar-refractivity contribution is 6.29. The molecule has 0 bridgehead atoms. The first-order chi connectivity index (χ1) is 8.10. The number of amides is 2. The molecule has 0 aromatic heterocycles. The summed E-state index contributed by atoms with van der Waals surface area (Å²) in [6, 6.07) is 2.73. The zero-order valence-corrected chi connectivity index (χ0v) is 9.60. The molecule has 1 aliphatic heterocycles. The molecule has 4 nitrogen and oxygen atoms in total. The van der Waals surface area contributed by atoms with Crippen molar-refractivity contribution < 1.29 is 14.0 Å². The monoisotopic (exact) mass is 256 g/mol. The summed E-state index contributed by atoms with van der Waals surface area (Å²) in [4.78, 5) is 22.3. The van der Waals surface area contributed by atoms with Crippen molar-refractivity contribution in [1.82, 2.24) is 0 Å². The van der Waals surface area contributed by atoms with E-state index in [-0.39, 0.29) is 17.5 Å². The zero-order chi connectivity index (χ0) is 12.4. The van der Waals surface area contributed by atoms with E-state index in [1.54, 1.807) is 0 Å². The Labute approximate surface area is 102 Å². The summed E-state index contributed by atoms with van der Waals surface area (Å²) in [7, 11) is 0. The molecule has 0 saturated heterocycles. The van der Waals surface area contributed by atoms with Crippen molar-refractivity contribution in [2.45, 2.75) is 12.8 Å². The number of anilines is 2. The van der Waals surface area contributed by atoms with Gasteiger partial charge in [-0.2, -0.15) is 0 Å². The molecular weight excluding hydrogens is 247 g/mol. The van der Waals surface area contributed by atoms with E-state index in [0.29, 0.717) is 18.5 Å². The van der Waals surface area contributed by atoms with E-state index in [4.69, 9.17) is 11.6 Å². The first-order valence-corrected chi connectivity index (χ1v) is 5.61. The molecule has 0 unspecified atom stereocenters. The summed E-state index contributed by atoms with van der Waals surface area (Å²) in [6.45, 7) is 0. The van der Waals surface area contributed by atoms with Crippen LogP contribution in [0, 0.1) is 5.82 Å². The molecule has 2 rings (SSSR count). The molecule has 17 heavy (non-hydrogen) atoms. The molecule has 2 amide bonds. The SMILES string of the molecule is O=C(CCl)Nc1cc2c(cc1F)CCC(=O)N2. The average molecular weight is 257 g/mol. The van der Waals surface area contributed by atoms with Crippen molar-refractivity contribution in [3.05, 3.63) is 23.5 Å². The van der Waals surface area contributed by atoms with Gasteiger partial charge in [0.2, 0.25) is 11.8 Å². The molecule has 0 radical (unpaired) electrons. The van der Waals surface area contributed by atoms with Gasteiger partial charge in [0.05, 0.1) is 5.69 Å². The minimum absolute atomic E-state index is 0.0246. The average Bonchev–Trinajstić information content (AvgIpc) is 2.30. The second-order valence-corrected chi connectivity index (χ2v) is 3.99. The number of halogens is 2. The minimum atomic E-state index is -0.529. The molecule has 2 N–H and O–H groups in total. The van der Waals surface area contributed by atoms with Gasteiger partial charge in [0, 0.05) is 12.1 Å². The Balaban J connectivity index is 2.32. The van der Waals surface area contributed by atoms with Crippen LogP contribution in [0.3, 0.4) is 0 Å². The molecule has 0 spiro atoms. The predicted octanol–water partition coefficient (Wildman–Crippen LogP) is 1.89. The molecule has 0 saturated carbocycles. The summed E-state index contributed by atoms with van der Waals surface area (Å²) in [5.41, 5.74) is 1.29. The normalized spacial score (nSPS) is 13.9. The molecule has 0 atom stereocenters. The summed E-state index contributed by atoms with van der Waals surface area (Å²) >= 11 is 5.32. The van der Waals surface area contributed by atoms with Crippen LogP contribution < -0.4 is 10.6 Å². The number of carbonyl (C=O) groups excluding carboxylic acids is 2. The molecule has 0 aliphatic carbocycles. The van der Waals surface area contributed by atoms with Crippen molar-refractivity contribution in [3.8, 4) is 0 Å². The molecule has 1 aromatic carbocycles. The molecule has 1 aliphatic rings. The van der Waals surface area contributed by atoms with Crippen LogP contribution in [0.25, 0.3) is 0 Å². The van der Waals surface area contributed by atoms with Crippen molar-refractivity contribution in [3.63, 3.8) is 0 Å². The smallest absolute Gasteiger partial charge is 0.239 e. The van der Waals surface area contributed by atoms with Gasteiger partial charge < -0.3 is 10.6 Å². The fraction of sp³-hybridized carbons (Fsp3) is 0.273. The van der Waals surface area contributed by atoms with Gasteiger partial charge in [-0.15, -0.1) is 11.6 Å². The third-order valence-electron chi connectivity index (χ3n) is 2.48. The minimum Gasteiger partial charge on any atom is -0.326 e. The number of aryl methyl sites for hydroxylation is 1. The Morgan fingerprint density at radius 1 is 1.47 bits per heavy atom. The lowest BCUT2D eigenvalue weighted by Gasteiger charge is -2.18. The second kappa shape index (κ2) is 4.71. The number of benzene rings is 1. The van der Waals surface area contributed by atoms with Gasteiger partial charge in [-0.05, 0) is 24.1 Å².